The molecular formula is C34H29BClFN2O8. The standard InChI is InChI=1S/C34H29BClFN2O8/c1-34-24(31(42)39(33(34)44)18-6-11-26(37)25(36)13-18)15-23-20(29(34)21-8-7-19(47-2)14-27(21)40)9-10-22-28(23)32(43)38(30(22)41)17-5-3-4-16(12-17)35(45)46/h3-9,11-14,22-24,28-29,40,45-46H,10,15H2,1-2H3. The first kappa shape index (κ1) is 31.1. The zero-order chi connectivity index (χ0) is 33.5. The summed E-state index contributed by atoms with van der Waals surface area (Å²) in [5.41, 5.74) is -0.0248. The summed E-state index contributed by atoms with van der Waals surface area (Å²) >= 11 is 6.05. The summed E-state index contributed by atoms with van der Waals surface area (Å²) in [6.45, 7) is 1.67. The fraction of sp³-hybridized carbons (Fsp3) is 0.294. The van der Waals surface area contributed by atoms with E-state index < -0.39 is 71.6 Å². The lowest BCUT2D eigenvalue weighted by atomic mass is 9.51. The highest BCUT2D eigenvalue weighted by Gasteiger charge is 2.68. The van der Waals surface area contributed by atoms with Crippen molar-refractivity contribution in [2.24, 2.45) is 29.1 Å². The topological polar surface area (TPSA) is 145 Å². The minimum absolute atomic E-state index is 0.0647. The Balaban J connectivity index is 1.36. The number of nitrogens with zero attached hydrogens (tertiary/aromatic N) is 2. The minimum Gasteiger partial charge on any atom is -0.508 e. The number of hydrogen-bond acceptors (Lipinski definition) is 8. The second-order valence-corrected chi connectivity index (χ2v) is 13.1. The van der Waals surface area contributed by atoms with Crippen LogP contribution in [0.3, 0.4) is 0 Å². The van der Waals surface area contributed by atoms with E-state index in [-0.39, 0.29) is 40.5 Å². The maximum atomic E-state index is 14.5. The van der Waals surface area contributed by atoms with E-state index in [1.54, 1.807) is 19.1 Å². The summed E-state index contributed by atoms with van der Waals surface area (Å²) < 4.78 is 19.4. The Bertz CT molecular complexity index is 1920. The molecule has 3 N–H and O–H groups in total. The fourth-order valence-electron chi connectivity index (χ4n) is 8.20. The van der Waals surface area contributed by atoms with Crippen LogP contribution in [0.5, 0.6) is 11.5 Å². The van der Waals surface area contributed by atoms with Crippen molar-refractivity contribution < 1.29 is 43.5 Å². The lowest BCUT2D eigenvalue weighted by Crippen LogP contribution is -2.48. The van der Waals surface area contributed by atoms with Gasteiger partial charge in [-0.1, -0.05) is 41.4 Å². The van der Waals surface area contributed by atoms with E-state index >= 15 is 0 Å². The molecule has 0 radical (unpaired) electrons. The number of phenols is 1. The number of allylic oxidation sites excluding steroid dienone is 2. The highest BCUT2D eigenvalue weighted by Crippen LogP contribution is 2.64. The van der Waals surface area contributed by atoms with Gasteiger partial charge in [0.05, 0.1) is 46.7 Å². The molecule has 4 aliphatic rings. The average Bonchev–Trinajstić information content (AvgIpc) is 3.42. The van der Waals surface area contributed by atoms with Crippen LogP contribution in [0.4, 0.5) is 15.8 Å². The van der Waals surface area contributed by atoms with Crippen LogP contribution in [0.2, 0.25) is 5.02 Å². The monoisotopic (exact) mass is 658 g/mol. The van der Waals surface area contributed by atoms with Crippen LogP contribution in [-0.2, 0) is 19.2 Å². The molecule has 2 aliphatic carbocycles. The quantitative estimate of drug-likeness (QED) is 0.215. The Kier molecular flexibility index (Phi) is 7.30. The minimum atomic E-state index is -1.81. The molecule has 240 valence electrons. The summed E-state index contributed by atoms with van der Waals surface area (Å²) in [6.07, 6.45) is 2.09. The Morgan fingerprint density at radius 2 is 1.68 bits per heavy atom. The number of methoxy groups -OCH3 is 1. The number of imide groups is 2. The van der Waals surface area contributed by atoms with Gasteiger partial charge in [0, 0.05) is 17.5 Å². The van der Waals surface area contributed by atoms with Crippen molar-refractivity contribution >= 4 is 59.2 Å². The molecule has 2 aliphatic heterocycles. The summed E-state index contributed by atoms with van der Waals surface area (Å²) in [5.74, 6) is -6.72. The van der Waals surface area contributed by atoms with Crippen LogP contribution in [0.15, 0.2) is 72.3 Å². The predicted molar refractivity (Wildman–Crippen MR) is 169 cm³/mol. The molecule has 4 amide bonds. The third-order valence-electron chi connectivity index (χ3n) is 10.4. The fourth-order valence-corrected chi connectivity index (χ4v) is 8.38. The van der Waals surface area contributed by atoms with Crippen molar-refractivity contribution in [2.45, 2.75) is 25.7 Å². The summed E-state index contributed by atoms with van der Waals surface area (Å²) in [7, 11) is -0.361. The second-order valence-electron chi connectivity index (χ2n) is 12.7. The van der Waals surface area contributed by atoms with Crippen molar-refractivity contribution in [1.82, 2.24) is 0 Å². The maximum absolute atomic E-state index is 14.5. The average molecular weight is 659 g/mol. The molecule has 47 heavy (non-hydrogen) atoms. The van der Waals surface area contributed by atoms with Crippen LogP contribution in [0, 0.1) is 34.9 Å². The van der Waals surface area contributed by atoms with Crippen LogP contribution in [0.1, 0.15) is 31.2 Å². The lowest BCUT2D eigenvalue weighted by molar-refractivity contribution is -0.131. The SMILES string of the molecule is COc1ccc(C2C3=CCC4C(=O)N(c5cccc(B(O)O)c5)C(=O)C4C3CC3C(=O)N(c4ccc(F)c(Cl)c4)C(=O)C32C)c(O)c1. The van der Waals surface area contributed by atoms with Crippen molar-refractivity contribution in [1.29, 1.82) is 0 Å². The summed E-state index contributed by atoms with van der Waals surface area (Å²) in [6, 6.07) is 14.1. The van der Waals surface area contributed by atoms with Crippen LogP contribution >= 0.6 is 11.6 Å². The third-order valence-corrected chi connectivity index (χ3v) is 10.7. The number of phenolic OH excluding ortho intramolecular Hbond substituents is 1. The van der Waals surface area contributed by atoms with Crippen LogP contribution in [-0.4, -0.2) is 53.0 Å². The van der Waals surface area contributed by atoms with E-state index in [1.807, 2.05) is 6.08 Å². The molecule has 6 unspecified atom stereocenters. The largest absolute Gasteiger partial charge is 0.508 e. The van der Waals surface area contributed by atoms with E-state index in [9.17, 15) is 38.7 Å². The lowest BCUT2D eigenvalue weighted by Gasteiger charge is -2.49. The molecule has 3 aromatic rings. The molecule has 2 saturated heterocycles. The van der Waals surface area contributed by atoms with Crippen molar-refractivity contribution in [3.8, 4) is 11.5 Å². The highest BCUT2D eigenvalue weighted by molar-refractivity contribution is 6.58. The van der Waals surface area contributed by atoms with Gasteiger partial charge in [0.15, 0.2) is 0 Å². The van der Waals surface area contributed by atoms with E-state index in [2.05, 4.69) is 0 Å². The number of halogens is 2. The number of ether oxygens (including phenoxy) is 1. The first-order valence-corrected chi connectivity index (χ1v) is 15.5. The molecule has 0 bridgehead atoms. The Hall–Kier alpha value is -4.52. The smallest absolute Gasteiger partial charge is 0.488 e. The van der Waals surface area contributed by atoms with Crippen molar-refractivity contribution in [2.75, 3.05) is 16.9 Å². The molecule has 6 atom stereocenters. The number of carbonyl (C=O) groups excluding carboxylic acids is 4. The summed E-state index contributed by atoms with van der Waals surface area (Å²) in [5, 5.41) is 30.4. The molecule has 3 aromatic carbocycles. The van der Waals surface area contributed by atoms with E-state index in [0.717, 1.165) is 15.9 Å². The molecule has 10 nitrogen and oxygen atoms in total. The molecule has 0 spiro atoms. The number of aromatic hydroxyl groups is 1. The van der Waals surface area contributed by atoms with Gasteiger partial charge in [-0.3, -0.25) is 24.1 Å². The molecular weight excluding hydrogens is 630 g/mol. The molecule has 0 aromatic heterocycles. The van der Waals surface area contributed by atoms with Gasteiger partial charge in [-0.05, 0) is 67.5 Å². The van der Waals surface area contributed by atoms with Gasteiger partial charge in [0.2, 0.25) is 23.6 Å². The number of amides is 4. The number of fused-ring (bicyclic) bond motifs is 4. The Labute approximate surface area is 274 Å². The third kappa shape index (κ3) is 4.46. The predicted octanol–water partition coefficient (Wildman–Crippen LogP) is 3.31. The van der Waals surface area contributed by atoms with Gasteiger partial charge in [0.1, 0.15) is 17.3 Å². The number of benzene rings is 3. The molecule has 13 heteroatoms. The first-order chi connectivity index (χ1) is 22.4. The molecule has 7 rings (SSSR count). The van der Waals surface area contributed by atoms with E-state index in [4.69, 9.17) is 16.3 Å². The second kappa shape index (κ2) is 11.0. The molecule has 2 heterocycles. The van der Waals surface area contributed by atoms with Gasteiger partial charge in [0.25, 0.3) is 0 Å². The zero-order valence-corrected chi connectivity index (χ0v) is 26.0. The summed E-state index contributed by atoms with van der Waals surface area (Å²) in [4.78, 5) is 58.9. The van der Waals surface area contributed by atoms with Crippen LogP contribution < -0.4 is 20.0 Å². The van der Waals surface area contributed by atoms with E-state index in [1.165, 1.54) is 49.6 Å². The van der Waals surface area contributed by atoms with Gasteiger partial charge < -0.3 is 19.9 Å². The van der Waals surface area contributed by atoms with Gasteiger partial charge in [-0.2, -0.15) is 0 Å². The van der Waals surface area contributed by atoms with E-state index in [0.29, 0.717) is 16.9 Å². The van der Waals surface area contributed by atoms with Crippen molar-refractivity contribution in [3.63, 3.8) is 0 Å². The molecule has 1 saturated carbocycles. The number of hydrogen-bond donors (Lipinski definition) is 3. The zero-order valence-electron chi connectivity index (χ0n) is 25.3. The molecule has 3 fully saturated rings. The van der Waals surface area contributed by atoms with Crippen molar-refractivity contribution in [3.05, 3.63) is 88.7 Å². The Morgan fingerprint density at radius 1 is 0.936 bits per heavy atom. The van der Waals surface area contributed by atoms with Crippen LogP contribution in [0.25, 0.3) is 0 Å². The number of anilines is 2. The highest BCUT2D eigenvalue weighted by atomic mass is 35.5. The number of rotatable bonds is 5. The normalized spacial score (nSPS) is 28.2. The Morgan fingerprint density at radius 3 is 2.36 bits per heavy atom. The van der Waals surface area contributed by atoms with Gasteiger partial charge in [-0.15, -0.1) is 0 Å². The number of carbonyl (C=O) groups is 4. The van der Waals surface area contributed by atoms with Gasteiger partial charge >= 0.3 is 7.12 Å². The van der Waals surface area contributed by atoms with Gasteiger partial charge in [-0.25, -0.2) is 9.29 Å². The first-order valence-electron chi connectivity index (χ1n) is 15.1. The maximum Gasteiger partial charge on any atom is 0.488 e.